The second-order valence-electron chi connectivity index (χ2n) is 9.74. The Morgan fingerprint density at radius 1 is 0.974 bits per heavy atom. The molecule has 3 aromatic rings. The molecule has 2 fully saturated rings. The average molecular weight is 667 g/mol. The summed E-state index contributed by atoms with van der Waals surface area (Å²) in [7, 11) is 0. The molecule has 39 heavy (non-hydrogen) atoms. The zero-order valence-electron chi connectivity index (χ0n) is 20.4. The minimum Gasteiger partial charge on any atom is -0.341 e. The smallest absolute Gasteiger partial charge is 0.308 e. The topological polar surface area (TPSA) is 79.7 Å². The number of piperidine rings is 1. The van der Waals surface area contributed by atoms with E-state index in [0.29, 0.717) is 39.3 Å². The fraction of sp³-hybridized carbons (Fsp3) is 0.333. The van der Waals surface area contributed by atoms with E-state index in [9.17, 15) is 19.2 Å². The molecule has 3 aliphatic rings. The van der Waals surface area contributed by atoms with E-state index in [4.69, 9.17) is 23.2 Å². The number of hydrogen-bond donors (Lipinski definition) is 0. The number of hydrogen-bond acceptors (Lipinski definition) is 6. The highest BCUT2D eigenvalue weighted by Crippen LogP contribution is 2.55. The fourth-order valence-corrected chi connectivity index (χ4v) is 9.03. The number of rotatable bonds is 4. The first-order chi connectivity index (χ1) is 18.8. The van der Waals surface area contributed by atoms with Crippen LogP contribution in [0.2, 0.25) is 10.0 Å². The van der Waals surface area contributed by atoms with Crippen LogP contribution >= 0.6 is 62.2 Å². The lowest BCUT2D eigenvalue weighted by Gasteiger charge is -2.31. The summed E-state index contributed by atoms with van der Waals surface area (Å²) >= 11 is 18.6. The summed E-state index contributed by atoms with van der Waals surface area (Å²) in [6, 6.07) is 12.2. The molecule has 3 amide bonds. The maximum Gasteiger partial charge on any atom is 0.308 e. The number of aromatic nitrogens is 1. The van der Waals surface area contributed by atoms with Crippen LogP contribution in [0.4, 0.5) is 5.69 Å². The first-order valence-electron chi connectivity index (χ1n) is 12.5. The molecule has 2 aromatic carbocycles. The summed E-state index contributed by atoms with van der Waals surface area (Å²) in [5, 5.41) is 0.342. The number of imide groups is 1. The van der Waals surface area contributed by atoms with Crippen molar-refractivity contribution in [3.63, 3.8) is 0 Å². The van der Waals surface area contributed by atoms with Gasteiger partial charge in [0.1, 0.15) is 11.8 Å². The molecule has 0 N–H and O–H groups in total. The standard InChI is InChI=1S/C27H22BrCl2N3O4S2/c28-14-7-9-15(10-8-14)33-24(35)20-19(16-5-4-6-17(29)21(16)30)23-26(38-22(20)25(33)36)32(27(37)39-23)13-18(34)31-11-2-1-3-12-31/h4-10,19-20,22H,1-3,11-13H2. The van der Waals surface area contributed by atoms with E-state index in [-0.39, 0.29) is 34.2 Å². The number of anilines is 1. The quantitative estimate of drug-likeness (QED) is 0.330. The van der Waals surface area contributed by atoms with E-state index in [0.717, 1.165) is 35.1 Å². The van der Waals surface area contributed by atoms with Gasteiger partial charge in [-0.3, -0.25) is 23.7 Å². The van der Waals surface area contributed by atoms with E-state index in [1.807, 2.05) is 0 Å². The summed E-state index contributed by atoms with van der Waals surface area (Å²) in [5.41, 5.74) is 1.05. The molecule has 0 bridgehead atoms. The molecular formula is C27H22BrCl2N3O4S2. The van der Waals surface area contributed by atoms with E-state index in [1.54, 1.807) is 47.4 Å². The van der Waals surface area contributed by atoms with Gasteiger partial charge in [-0.05, 0) is 55.2 Å². The maximum atomic E-state index is 14.0. The Kier molecular flexibility index (Phi) is 7.43. The minimum atomic E-state index is -0.793. The molecule has 0 saturated carbocycles. The van der Waals surface area contributed by atoms with Gasteiger partial charge in [-0.1, -0.05) is 74.4 Å². The predicted molar refractivity (Wildman–Crippen MR) is 157 cm³/mol. The monoisotopic (exact) mass is 665 g/mol. The molecule has 1 aromatic heterocycles. The van der Waals surface area contributed by atoms with E-state index in [1.165, 1.54) is 21.2 Å². The minimum absolute atomic E-state index is 0.108. The van der Waals surface area contributed by atoms with Gasteiger partial charge in [0.15, 0.2) is 0 Å². The second kappa shape index (κ2) is 10.7. The molecule has 3 atom stereocenters. The Morgan fingerprint density at radius 2 is 1.69 bits per heavy atom. The molecule has 6 rings (SSSR count). The Morgan fingerprint density at radius 3 is 2.41 bits per heavy atom. The van der Waals surface area contributed by atoms with Crippen LogP contribution in [0.3, 0.4) is 0 Å². The maximum absolute atomic E-state index is 14.0. The van der Waals surface area contributed by atoms with Gasteiger partial charge in [0.25, 0.3) is 0 Å². The van der Waals surface area contributed by atoms with E-state index < -0.39 is 17.1 Å². The van der Waals surface area contributed by atoms with Gasteiger partial charge in [0, 0.05) is 28.4 Å². The molecule has 7 nitrogen and oxygen atoms in total. The summed E-state index contributed by atoms with van der Waals surface area (Å²) in [5.74, 6) is -2.30. The highest BCUT2D eigenvalue weighted by Gasteiger charge is 2.57. The van der Waals surface area contributed by atoms with Crippen LogP contribution in [0.25, 0.3) is 0 Å². The van der Waals surface area contributed by atoms with E-state index >= 15 is 0 Å². The lowest BCUT2D eigenvalue weighted by Crippen LogP contribution is -2.39. The van der Waals surface area contributed by atoms with Crippen molar-refractivity contribution in [1.82, 2.24) is 9.47 Å². The molecular weight excluding hydrogens is 645 g/mol. The molecule has 202 valence electrons. The van der Waals surface area contributed by atoms with Gasteiger partial charge >= 0.3 is 4.87 Å². The third kappa shape index (κ3) is 4.68. The number of thioether (sulfide) groups is 1. The predicted octanol–water partition coefficient (Wildman–Crippen LogP) is 5.79. The van der Waals surface area contributed by atoms with Crippen molar-refractivity contribution < 1.29 is 14.4 Å². The zero-order valence-corrected chi connectivity index (χ0v) is 25.2. The third-order valence-corrected chi connectivity index (χ3v) is 11.4. The number of likely N-dealkylation sites (tertiary alicyclic amines) is 1. The summed E-state index contributed by atoms with van der Waals surface area (Å²) in [4.78, 5) is 57.6. The molecule has 0 spiro atoms. The molecule has 0 aliphatic carbocycles. The van der Waals surface area contributed by atoms with Crippen LogP contribution < -0.4 is 9.77 Å². The molecule has 12 heteroatoms. The number of halogens is 3. The van der Waals surface area contributed by atoms with Gasteiger partial charge in [0.2, 0.25) is 17.7 Å². The Balaban J connectivity index is 1.46. The van der Waals surface area contributed by atoms with Gasteiger partial charge in [-0.15, -0.1) is 0 Å². The zero-order chi connectivity index (χ0) is 27.4. The van der Waals surface area contributed by atoms with Crippen molar-refractivity contribution in [2.45, 2.75) is 42.0 Å². The van der Waals surface area contributed by atoms with Gasteiger partial charge in [-0.2, -0.15) is 0 Å². The molecule has 0 radical (unpaired) electrons. The van der Waals surface area contributed by atoms with Crippen LogP contribution in [-0.4, -0.2) is 45.5 Å². The number of thiazole rings is 1. The lowest BCUT2D eigenvalue weighted by atomic mass is 9.83. The number of carbonyl (C=O) groups is 3. The summed E-state index contributed by atoms with van der Waals surface area (Å²) in [6.07, 6.45) is 2.97. The number of carbonyl (C=O) groups excluding carboxylic acids is 3. The number of nitrogens with zero attached hydrogens (tertiary/aromatic N) is 3. The van der Waals surface area contributed by atoms with Crippen LogP contribution in [0.15, 0.2) is 56.8 Å². The number of benzene rings is 2. The van der Waals surface area contributed by atoms with Crippen molar-refractivity contribution in [2.24, 2.45) is 5.92 Å². The average Bonchev–Trinajstić information content (AvgIpc) is 3.38. The Bertz CT molecular complexity index is 1550. The highest BCUT2D eigenvalue weighted by atomic mass is 79.9. The van der Waals surface area contributed by atoms with Crippen LogP contribution in [-0.2, 0) is 20.9 Å². The fourth-order valence-electron chi connectivity index (χ4n) is 5.57. The van der Waals surface area contributed by atoms with E-state index in [2.05, 4.69) is 15.9 Å². The SMILES string of the molecule is O=C(Cn1c2c(sc1=O)C(c1cccc(Cl)c1Cl)C1C(=O)N(c3ccc(Br)cc3)C(=O)C1S2)N1CCCCC1. The first kappa shape index (κ1) is 27.1. The highest BCUT2D eigenvalue weighted by molar-refractivity contribution is 9.10. The van der Waals surface area contributed by atoms with Crippen LogP contribution in [0.5, 0.6) is 0 Å². The largest absolute Gasteiger partial charge is 0.341 e. The van der Waals surface area contributed by atoms with Gasteiger partial charge in [0.05, 0.1) is 26.7 Å². The van der Waals surface area contributed by atoms with Crippen molar-refractivity contribution in [3.05, 3.63) is 77.1 Å². The Labute approximate surface area is 251 Å². The molecule has 3 unspecified atom stereocenters. The summed E-state index contributed by atoms with van der Waals surface area (Å²) in [6.45, 7) is 1.24. The van der Waals surface area contributed by atoms with Crippen molar-refractivity contribution in [1.29, 1.82) is 0 Å². The van der Waals surface area contributed by atoms with Crippen molar-refractivity contribution >= 4 is 85.6 Å². The van der Waals surface area contributed by atoms with Gasteiger partial charge in [-0.25, -0.2) is 4.90 Å². The third-order valence-electron chi connectivity index (χ3n) is 7.45. The van der Waals surface area contributed by atoms with Gasteiger partial charge < -0.3 is 4.90 Å². The molecule has 4 heterocycles. The normalized spacial score (nSPS) is 22.7. The van der Waals surface area contributed by atoms with Crippen LogP contribution in [0, 0.1) is 5.92 Å². The number of fused-ring (bicyclic) bond motifs is 2. The lowest BCUT2D eigenvalue weighted by molar-refractivity contribution is -0.133. The number of amides is 3. The summed E-state index contributed by atoms with van der Waals surface area (Å²) < 4.78 is 2.29. The first-order valence-corrected chi connectivity index (χ1v) is 15.8. The molecule has 2 saturated heterocycles. The Hall–Kier alpha value is -2.11. The van der Waals surface area contributed by atoms with Crippen LogP contribution in [0.1, 0.15) is 35.6 Å². The van der Waals surface area contributed by atoms with Crippen molar-refractivity contribution in [3.8, 4) is 0 Å². The second-order valence-corrected chi connectivity index (χ2v) is 13.6. The molecule has 3 aliphatic heterocycles. The van der Waals surface area contributed by atoms with Crippen molar-refractivity contribution in [2.75, 3.05) is 18.0 Å².